The number of hydrogen-bond donors (Lipinski definition) is 2. The number of nitrogens with two attached hydrogens (primary N) is 1. The van der Waals surface area contributed by atoms with Gasteiger partial charge in [0, 0.05) is 6.04 Å². The molecule has 1 amide bonds. The molecule has 5 heteroatoms. The molecule has 0 heterocycles. The van der Waals surface area contributed by atoms with Crippen LogP contribution in [0, 0.1) is 5.82 Å². The van der Waals surface area contributed by atoms with Crippen LogP contribution >= 0.6 is 11.6 Å². The highest BCUT2D eigenvalue weighted by Gasteiger charge is 2.20. The Morgan fingerprint density at radius 1 is 1.59 bits per heavy atom. The lowest BCUT2D eigenvalue weighted by atomic mass is 10.0. The zero-order valence-electron chi connectivity index (χ0n) is 9.84. The van der Waals surface area contributed by atoms with Crippen LogP contribution in [0.5, 0.6) is 0 Å². The molecule has 1 aromatic rings. The Labute approximate surface area is 105 Å². The third-order valence-electron chi connectivity index (χ3n) is 2.63. The molecule has 0 saturated carbocycles. The van der Waals surface area contributed by atoms with Gasteiger partial charge in [-0.3, -0.25) is 10.1 Å². The minimum absolute atomic E-state index is 0.0283. The first kappa shape index (κ1) is 13.9. The van der Waals surface area contributed by atoms with Crippen molar-refractivity contribution < 1.29 is 9.18 Å². The smallest absolute Gasteiger partial charge is 0.239 e. The van der Waals surface area contributed by atoms with E-state index in [1.165, 1.54) is 12.1 Å². The number of amides is 1. The number of rotatable bonds is 5. The summed E-state index contributed by atoms with van der Waals surface area (Å²) in [5, 5.41) is 3.07. The number of hydrogen-bond acceptors (Lipinski definition) is 2. The van der Waals surface area contributed by atoms with Crippen LogP contribution in [0.25, 0.3) is 0 Å². The standard InChI is InChI=1S/C12H16ClFN2O/c1-3-7(2)16-11(12(15)17)8-4-5-9(13)10(14)6-8/h4-7,11,16H,3H2,1-2H3,(H2,15,17). The molecule has 0 spiro atoms. The fourth-order valence-corrected chi connectivity index (χ4v) is 1.55. The second-order valence-electron chi connectivity index (χ2n) is 3.98. The molecule has 0 radical (unpaired) electrons. The molecule has 1 aromatic carbocycles. The topological polar surface area (TPSA) is 55.1 Å². The second-order valence-corrected chi connectivity index (χ2v) is 4.39. The first-order valence-corrected chi connectivity index (χ1v) is 5.83. The number of benzene rings is 1. The first-order valence-electron chi connectivity index (χ1n) is 5.46. The zero-order valence-corrected chi connectivity index (χ0v) is 10.6. The molecule has 0 aromatic heterocycles. The van der Waals surface area contributed by atoms with Crippen LogP contribution < -0.4 is 11.1 Å². The van der Waals surface area contributed by atoms with Gasteiger partial charge in [-0.05, 0) is 31.0 Å². The summed E-state index contributed by atoms with van der Waals surface area (Å²) in [6.07, 6.45) is 0.847. The Morgan fingerprint density at radius 3 is 2.71 bits per heavy atom. The molecule has 3 N–H and O–H groups in total. The Hall–Kier alpha value is -1.13. The van der Waals surface area contributed by atoms with E-state index in [1.54, 1.807) is 6.07 Å². The van der Waals surface area contributed by atoms with Crippen molar-refractivity contribution in [1.82, 2.24) is 5.32 Å². The quantitative estimate of drug-likeness (QED) is 0.852. The van der Waals surface area contributed by atoms with Gasteiger partial charge in [0.15, 0.2) is 0 Å². The lowest BCUT2D eigenvalue weighted by Gasteiger charge is -2.20. The van der Waals surface area contributed by atoms with Crippen LogP contribution in [-0.2, 0) is 4.79 Å². The minimum Gasteiger partial charge on any atom is -0.368 e. The lowest BCUT2D eigenvalue weighted by Crippen LogP contribution is -2.38. The Morgan fingerprint density at radius 2 is 2.24 bits per heavy atom. The maximum absolute atomic E-state index is 13.3. The van der Waals surface area contributed by atoms with Crippen molar-refractivity contribution in [3.63, 3.8) is 0 Å². The Kier molecular flexibility index (Phi) is 4.90. The van der Waals surface area contributed by atoms with E-state index in [1.807, 2.05) is 13.8 Å². The summed E-state index contributed by atoms with van der Waals surface area (Å²) in [7, 11) is 0. The summed E-state index contributed by atoms with van der Waals surface area (Å²) >= 11 is 5.59. The summed E-state index contributed by atoms with van der Waals surface area (Å²) in [5.41, 5.74) is 5.79. The van der Waals surface area contributed by atoms with Gasteiger partial charge < -0.3 is 5.73 Å². The summed E-state index contributed by atoms with van der Waals surface area (Å²) in [4.78, 5) is 11.4. The maximum Gasteiger partial charge on any atom is 0.239 e. The third-order valence-corrected chi connectivity index (χ3v) is 2.93. The Bertz CT molecular complexity index is 411. The lowest BCUT2D eigenvalue weighted by molar-refractivity contribution is -0.120. The van der Waals surface area contributed by atoms with E-state index < -0.39 is 17.8 Å². The van der Waals surface area contributed by atoms with E-state index in [4.69, 9.17) is 17.3 Å². The van der Waals surface area contributed by atoms with E-state index in [2.05, 4.69) is 5.32 Å². The van der Waals surface area contributed by atoms with Crippen molar-refractivity contribution in [3.05, 3.63) is 34.6 Å². The predicted molar refractivity (Wildman–Crippen MR) is 66.2 cm³/mol. The fraction of sp³-hybridized carbons (Fsp3) is 0.417. The molecule has 94 valence electrons. The second kappa shape index (κ2) is 5.98. The zero-order chi connectivity index (χ0) is 13.0. The van der Waals surface area contributed by atoms with Gasteiger partial charge in [0.1, 0.15) is 11.9 Å². The van der Waals surface area contributed by atoms with Crippen molar-refractivity contribution in [2.24, 2.45) is 5.73 Å². The highest BCUT2D eigenvalue weighted by molar-refractivity contribution is 6.30. The molecule has 0 fully saturated rings. The van der Waals surface area contributed by atoms with E-state index in [0.717, 1.165) is 6.42 Å². The van der Waals surface area contributed by atoms with Gasteiger partial charge >= 0.3 is 0 Å². The van der Waals surface area contributed by atoms with Crippen molar-refractivity contribution in [3.8, 4) is 0 Å². The molecule has 0 saturated heterocycles. The number of carbonyl (C=O) groups is 1. The van der Waals surface area contributed by atoms with Crippen molar-refractivity contribution in [1.29, 1.82) is 0 Å². The number of carbonyl (C=O) groups excluding carboxylic acids is 1. The third kappa shape index (κ3) is 3.68. The molecule has 2 unspecified atom stereocenters. The molecule has 2 atom stereocenters. The van der Waals surface area contributed by atoms with Gasteiger partial charge in [-0.15, -0.1) is 0 Å². The molecule has 0 bridgehead atoms. The largest absolute Gasteiger partial charge is 0.368 e. The summed E-state index contributed by atoms with van der Waals surface area (Å²) in [6.45, 7) is 3.92. The van der Waals surface area contributed by atoms with Crippen molar-refractivity contribution >= 4 is 17.5 Å². The highest BCUT2D eigenvalue weighted by atomic mass is 35.5. The fourth-order valence-electron chi connectivity index (χ4n) is 1.44. The molecule has 0 aliphatic carbocycles. The summed E-state index contributed by atoms with van der Waals surface area (Å²) < 4.78 is 13.3. The highest BCUT2D eigenvalue weighted by Crippen LogP contribution is 2.20. The van der Waals surface area contributed by atoms with Crippen LogP contribution in [0.3, 0.4) is 0 Å². The molecular formula is C12H16ClFN2O. The first-order chi connectivity index (χ1) is 7.95. The van der Waals surface area contributed by atoms with Gasteiger partial charge in [0.25, 0.3) is 0 Å². The normalized spacial score (nSPS) is 14.4. The predicted octanol–water partition coefficient (Wildman–Crippen LogP) is 2.39. The summed E-state index contributed by atoms with van der Waals surface area (Å²) in [6, 6.07) is 3.66. The van der Waals surface area contributed by atoms with Gasteiger partial charge in [-0.1, -0.05) is 24.6 Å². The summed E-state index contributed by atoms with van der Waals surface area (Å²) in [5.74, 6) is -1.09. The average Bonchev–Trinajstić information content (AvgIpc) is 2.29. The van der Waals surface area contributed by atoms with Crippen molar-refractivity contribution in [2.45, 2.75) is 32.4 Å². The van der Waals surface area contributed by atoms with E-state index in [0.29, 0.717) is 5.56 Å². The van der Waals surface area contributed by atoms with Crippen LogP contribution in [0.1, 0.15) is 31.9 Å². The Balaban J connectivity index is 2.97. The molecule has 17 heavy (non-hydrogen) atoms. The molecule has 0 aliphatic rings. The van der Waals surface area contributed by atoms with Crippen molar-refractivity contribution in [2.75, 3.05) is 0 Å². The van der Waals surface area contributed by atoms with Crippen LogP contribution in [0.15, 0.2) is 18.2 Å². The number of primary amides is 1. The number of nitrogens with one attached hydrogen (secondary N) is 1. The molecule has 3 nitrogen and oxygen atoms in total. The minimum atomic E-state index is -0.697. The van der Waals surface area contributed by atoms with E-state index in [-0.39, 0.29) is 11.1 Å². The van der Waals surface area contributed by atoms with Crippen LogP contribution in [0.2, 0.25) is 5.02 Å². The molecule has 1 rings (SSSR count). The molecule has 0 aliphatic heterocycles. The van der Waals surface area contributed by atoms with Gasteiger partial charge in [0.05, 0.1) is 5.02 Å². The van der Waals surface area contributed by atoms with Crippen LogP contribution in [0.4, 0.5) is 4.39 Å². The van der Waals surface area contributed by atoms with Gasteiger partial charge in [-0.25, -0.2) is 4.39 Å². The van der Waals surface area contributed by atoms with Gasteiger partial charge in [-0.2, -0.15) is 0 Å². The van der Waals surface area contributed by atoms with Gasteiger partial charge in [0.2, 0.25) is 5.91 Å². The van der Waals surface area contributed by atoms with E-state index in [9.17, 15) is 9.18 Å². The van der Waals surface area contributed by atoms with E-state index >= 15 is 0 Å². The average molecular weight is 259 g/mol. The maximum atomic E-state index is 13.3. The van der Waals surface area contributed by atoms with Crippen LogP contribution in [-0.4, -0.2) is 11.9 Å². The number of halogens is 2. The monoisotopic (exact) mass is 258 g/mol. The molecular weight excluding hydrogens is 243 g/mol. The SMILES string of the molecule is CCC(C)NC(C(N)=O)c1ccc(Cl)c(F)c1.